The normalized spacial score (nSPS) is 12.0. The van der Waals surface area contributed by atoms with Crippen LogP contribution in [-0.2, 0) is 9.84 Å². The molecule has 2 aromatic carbocycles. The number of halogens is 3. The van der Waals surface area contributed by atoms with Gasteiger partial charge >= 0.3 is 6.36 Å². The van der Waals surface area contributed by atoms with E-state index in [9.17, 15) is 21.6 Å². The molecule has 7 nitrogen and oxygen atoms in total. The molecule has 37 heavy (non-hydrogen) atoms. The molecule has 0 aliphatic rings. The number of unbranched alkanes of at least 4 members (excludes halogenated alkanes) is 2. The van der Waals surface area contributed by atoms with Crippen molar-refractivity contribution in [3.63, 3.8) is 0 Å². The fourth-order valence-electron chi connectivity index (χ4n) is 4.00. The number of methoxy groups -OCH3 is 2. The molecule has 0 fully saturated rings. The lowest BCUT2D eigenvalue weighted by Crippen LogP contribution is -2.28. The Labute approximate surface area is 215 Å². The molecule has 11 heteroatoms. The summed E-state index contributed by atoms with van der Waals surface area (Å²) in [5.74, 6) is 0.142. The zero-order chi connectivity index (χ0) is 27.2. The number of sulfone groups is 1. The molecule has 0 spiro atoms. The minimum atomic E-state index is -4.89. The van der Waals surface area contributed by atoms with Gasteiger partial charge in [0, 0.05) is 30.7 Å². The molecule has 202 valence electrons. The van der Waals surface area contributed by atoms with Crippen molar-refractivity contribution in [3.8, 4) is 17.2 Å². The number of alkyl halides is 3. The third-order valence-electron chi connectivity index (χ3n) is 5.85. The van der Waals surface area contributed by atoms with E-state index in [-0.39, 0.29) is 20.9 Å². The van der Waals surface area contributed by atoms with E-state index in [2.05, 4.69) is 9.72 Å². The van der Waals surface area contributed by atoms with E-state index in [4.69, 9.17) is 9.47 Å². The van der Waals surface area contributed by atoms with Crippen molar-refractivity contribution in [3.05, 3.63) is 42.6 Å². The predicted molar refractivity (Wildman–Crippen MR) is 135 cm³/mol. The first-order valence-corrected chi connectivity index (χ1v) is 13.4. The van der Waals surface area contributed by atoms with Crippen LogP contribution in [0.3, 0.4) is 0 Å². The highest BCUT2D eigenvalue weighted by molar-refractivity contribution is 7.91. The van der Waals surface area contributed by atoms with Gasteiger partial charge in [0.2, 0.25) is 9.84 Å². The Kier molecular flexibility index (Phi) is 9.12. The number of hydrogen-bond acceptors (Lipinski definition) is 7. The van der Waals surface area contributed by atoms with Gasteiger partial charge in [0.25, 0.3) is 0 Å². The molecule has 0 aliphatic heterocycles. The quantitative estimate of drug-likeness (QED) is 0.263. The molecule has 1 heterocycles. The average Bonchev–Trinajstić information content (AvgIpc) is 2.86. The molecule has 0 unspecified atom stereocenters. The first-order valence-electron chi connectivity index (χ1n) is 12.0. The number of ether oxygens (including phenoxy) is 3. The van der Waals surface area contributed by atoms with Crippen LogP contribution in [0.5, 0.6) is 17.2 Å². The monoisotopic (exact) mass is 540 g/mol. The summed E-state index contributed by atoms with van der Waals surface area (Å²) in [6.45, 7) is 5.07. The minimum Gasteiger partial charge on any atom is -0.493 e. The van der Waals surface area contributed by atoms with E-state index >= 15 is 0 Å². The molecule has 0 N–H and O–H groups in total. The molecule has 0 amide bonds. The van der Waals surface area contributed by atoms with Crippen LogP contribution in [0, 0.1) is 0 Å². The predicted octanol–water partition coefficient (Wildman–Crippen LogP) is 6.39. The Morgan fingerprint density at radius 2 is 1.57 bits per heavy atom. The van der Waals surface area contributed by atoms with Crippen LogP contribution in [0.4, 0.5) is 18.9 Å². The molecule has 0 bridgehead atoms. The van der Waals surface area contributed by atoms with E-state index in [0.717, 1.165) is 31.7 Å². The van der Waals surface area contributed by atoms with Crippen LogP contribution in [0.2, 0.25) is 0 Å². The second-order valence-corrected chi connectivity index (χ2v) is 10.3. The lowest BCUT2D eigenvalue weighted by Gasteiger charge is -2.28. The highest BCUT2D eigenvalue weighted by Crippen LogP contribution is 2.40. The molecule has 1 aromatic heterocycles. The Balaban J connectivity index is 2.31. The Bertz CT molecular complexity index is 1320. The van der Waals surface area contributed by atoms with Gasteiger partial charge in [-0.05, 0) is 43.2 Å². The van der Waals surface area contributed by atoms with Gasteiger partial charge in [0.1, 0.15) is 10.6 Å². The van der Waals surface area contributed by atoms with E-state index in [1.807, 2.05) is 18.7 Å². The summed E-state index contributed by atoms with van der Waals surface area (Å²) in [5.41, 5.74) is 0.656. The molecule has 3 rings (SSSR count). The number of pyridine rings is 1. The lowest BCUT2D eigenvalue weighted by molar-refractivity contribution is -0.274. The summed E-state index contributed by atoms with van der Waals surface area (Å²) in [5, 5.41) is 0.260. The summed E-state index contributed by atoms with van der Waals surface area (Å²) >= 11 is 0. The van der Waals surface area contributed by atoms with E-state index in [1.165, 1.54) is 50.7 Å². The zero-order valence-electron chi connectivity index (χ0n) is 21.3. The Hall–Kier alpha value is -3.21. The molecular weight excluding hydrogens is 509 g/mol. The molecule has 0 radical (unpaired) electrons. The summed E-state index contributed by atoms with van der Waals surface area (Å²) in [6.07, 6.45) is -0.393. The smallest absolute Gasteiger partial charge is 0.493 e. The van der Waals surface area contributed by atoms with Crippen molar-refractivity contribution < 1.29 is 35.8 Å². The third-order valence-corrected chi connectivity index (χ3v) is 7.60. The van der Waals surface area contributed by atoms with Crippen LogP contribution in [0.25, 0.3) is 10.9 Å². The maximum Gasteiger partial charge on any atom is 0.573 e. The van der Waals surface area contributed by atoms with Crippen LogP contribution in [-0.4, -0.2) is 47.1 Å². The molecule has 0 aliphatic carbocycles. The Morgan fingerprint density at radius 3 is 2.14 bits per heavy atom. The standard InChI is InChI=1S/C26H31F3N2O5S/c1-5-7-13-31(14-8-6-2)25-20-15-18(36-26(27,28)29)9-11-21(20)30-17-24(25)37(32,33)19-10-12-22(34-3)23(16-19)35-4/h9-12,15-17H,5-8,13-14H2,1-4H3. The third kappa shape index (κ3) is 6.57. The summed E-state index contributed by atoms with van der Waals surface area (Å²) in [4.78, 5) is 6.05. The summed E-state index contributed by atoms with van der Waals surface area (Å²) in [6, 6.07) is 8.00. The van der Waals surface area contributed by atoms with Crippen molar-refractivity contribution in [2.24, 2.45) is 0 Å². The number of fused-ring (bicyclic) bond motifs is 1. The summed E-state index contributed by atoms with van der Waals surface area (Å²) < 4.78 is 81.5. The van der Waals surface area contributed by atoms with E-state index < -0.39 is 21.9 Å². The second-order valence-electron chi connectivity index (χ2n) is 8.41. The average molecular weight is 541 g/mol. The fourth-order valence-corrected chi connectivity index (χ4v) is 5.45. The highest BCUT2D eigenvalue weighted by atomic mass is 32.2. The maximum atomic E-state index is 14.0. The summed E-state index contributed by atoms with van der Waals surface area (Å²) in [7, 11) is -1.32. The first-order chi connectivity index (χ1) is 17.5. The van der Waals surface area contributed by atoms with Crippen molar-refractivity contribution in [2.45, 2.75) is 55.7 Å². The number of benzene rings is 2. The van der Waals surface area contributed by atoms with Crippen molar-refractivity contribution in [2.75, 3.05) is 32.2 Å². The lowest BCUT2D eigenvalue weighted by atomic mass is 10.1. The van der Waals surface area contributed by atoms with Crippen molar-refractivity contribution >= 4 is 26.4 Å². The number of rotatable bonds is 12. The van der Waals surface area contributed by atoms with Gasteiger partial charge in [-0.25, -0.2) is 8.42 Å². The highest BCUT2D eigenvalue weighted by Gasteiger charge is 2.32. The maximum absolute atomic E-state index is 14.0. The van der Waals surface area contributed by atoms with Gasteiger partial charge in [-0.15, -0.1) is 13.2 Å². The molecule has 0 saturated heterocycles. The van der Waals surface area contributed by atoms with Crippen LogP contribution < -0.4 is 19.1 Å². The van der Waals surface area contributed by atoms with Gasteiger partial charge in [-0.3, -0.25) is 4.98 Å². The first kappa shape index (κ1) is 28.4. The van der Waals surface area contributed by atoms with Crippen molar-refractivity contribution in [1.82, 2.24) is 4.98 Å². The van der Waals surface area contributed by atoms with Gasteiger partial charge in [-0.2, -0.15) is 0 Å². The molecular formula is C26H31F3N2O5S. The van der Waals surface area contributed by atoms with E-state index in [0.29, 0.717) is 30.0 Å². The number of nitrogens with zero attached hydrogens (tertiary/aromatic N) is 2. The molecule has 3 aromatic rings. The van der Waals surface area contributed by atoms with Gasteiger partial charge in [0.05, 0.1) is 30.3 Å². The van der Waals surface area contributed by atoms with E-state index in [1.54, 1.807) is 0 Å². The zero-order valence-corrected chi connectivity index (χ0v) is 22.1. The Morgan fingerprint density at radius 1 is 0.919 bits per heavy atom. The molecule has 0 saturated carbocycles. The van der Waals surface area contributed by atoms with Gasteiger partial charge < -0.3 is 19.1 Å². The number of aromatic nitrogens is 1. The van der Waals surface area contributed by atoms with Crippen molar-refractivity contribution in [1.29, 1.82) is 0 Å². The second kappa shape index (κ2) is 11.9. The van der Waals surface area contributed by atoms with Crippen LogP contribution >= 0.6 is 0 Å². The SMILES string of the molecule is CCCCN(CCCC)c1c(S(=O)(=O)c2ccc(OC)c(OC)c2)cnc2ccc(OC(F)(F)F)cc12. The fraction of sp³-hybridized carbons (Fsp3) is 0.423. The topological polar surface area (TPSA) is 78.0 Å². The number of hydrogen-bond donors (Lipinski definition) is 0. The van der Waals surface area contributed by atoms with Crippen LogP contribution in [0.1, 0.15) is 39.5 Å². The molecule has 0 atom stereocenters. The largest absolute Gasteiger partial charge is 0.573 e. The van der Waals surface area contributed by atoms with Gasteiger partial charge in [-0.1, -0.05) is 26.7 Å². The van der Waals surface area contributed by atoms with Gasteiger partial charge in [0.15, 0.2) is 11.5 Å². The van der Waals surface area contributed by atoms with Crippen LogP contribution in [0.15, 0.2) is 52.4 Å². The minimum absolute atomic E-state index is 0.0545. The number of anilines is 1.